The Balaban J connectivity index is 1.85. The number of aromatic nitrogens is 4. The minimum atomic E-state index is -0.660. The third-order valence-corrected chi connectivity index (χ3v) is 3.08. The van der Waals surface area contributed by atoms with E-state index in [4.69, 9.17) is 4.74 Å². The van der Waals surface area contributed by atoms with Crippen LogP contribution in [-0.2, 0) is 4.74 Å². The fourth-order valence-electron chi connectivity index (χ4n) is 1.99. The lowest BCUT2D eigenvalue weighted by molar-refractivity contribution is -0.662. The molecule has 1 amide bonds. The molecular weight excluding hydrogens is 284 g/mol. The van der Waals surface area contributed by atoms with E-state index in [1.54, 1.807) is 4.90 Å². The number of amides is 1. The van der Waals surface area contributed by atoms with Crippen molar-refractivity contribution in [1.82, 2.24) is 20.0 Å². The first-order valence-corrected chi connectivity index (χ1v) is 6.32. The number of carbonyl (C=O) groups is 1. The van der Waals surface area contributed by atoms with E-state index in [9.17, 15) is 13.6 Å². The van der Waals surface area contributed by atoms with Gasteiger partial charge in [0, 0.05) is 19.2 Å². The van der Waals surface area contributed by atoms with Gasteiger partial charge in [-0.05, 0) is 16.8 Å². The Labute approximate surface area is 118 Å². The molecule has 3 rings (SSSR count). The van der Waals surface area contributed by atoms with Gasteiger partial charge in [-0.2, -0.15) is 0 Å². The minimum absolute atomic E-state index is 0.115. The molecule has 0 radical (unpaired) electrons. The number of carbonyl (C=O) groups excluding carboxylic acids is 1. The van der Waals surface area contributed by atoms with E-state index in [0.717, 1.165) is 27.6 Å². The molecule has 0 unspecified atom stereocenters. The molecule has 0 bridgehead atoms. The monoisotopic (exact) mass is 296 g/mol. The lowest BCUT2D eigenvalue weighted by atomic mass is 10.3. The van der Waals surface area contributed by atoms with Gasteiger partial charge in [0.2, 0.25) is 0 Å². The highest BCUT2D eigenvalue weighted by atomic mass is 19.1. The predicted octanol–water partition coefficient (Wildman–Crippen LogP) is 0.133. The summed E-state index contributed by atoms with van der Waals surface area (Å²) in [4.78, 5) is 13.7. The maximum Gasteiger partial charge on any atom is 0.420 e. The summed E-state index contributed by atoms with van der Waals surface area (Å²) in [5, 5.41) is 7.30. The van der Waals surface area contributed by atoms with Gasteiger partial charge in [0.05, 0.1) is 13.2 Å². The number of morpholine rings is 1. The van der Waals surface area contributed by atoms with Crippen LogP contribution in [0.3, 0.4) is 0 Å². The average Bonchev–Trinajstić information content (AvgIpc) is 2.99. The molecule has 21 heavy (non-hydrogen) atoms. The zero-order chi connectivity index (χ0) is 14.8. The molecule has 0 aliphatic carbocycles. The average molecular weight is 296 g/mol. The molecule has 9 heteroatoms. The van der Waals surface area contributed by atoms with E-state index < -0.39 is 11.6 Å². The third kappa shape index (κ3) is 2.72. The van der Waals surface area contributed by atoms with Gasteiger partial charge in [-0.15, -0.1) is 4.68 Å². The molecule has 2 heterocycles. The van der Waals surface area contributed by atoms with Gasteiger partial charge < -0.3 is 9.64 Å². The molecule has 1 aliphatic rings. The van der Waals surface area contributed by atoms with E-state index in [2.05, 4.69) is 10.4 Å². The highest BCUT2D eigenvalue weighted by molar-refractivity contribution is 5.75. The summed E-state index contributed by atoms with van der Waals surface area (Å²) in [5.41, 5.74) is -0.115. The number of nitrogens with zero attached hydrogens (tertiary/aromatic N) is 5. The van der Waals surface area contributed by atoms with Gasteiger partial charge in [0.15, 0.2) is 16.7 Å². The van der Waals surface area contributed by atoms with Crippen LogP contribution in [-0.4, -0.2) is 52.3 Å². The molecule has 0 saturated carbocycles. The first-order chi connectivity index (χ1) is 10.1. The van der Waals surface area contributed by atoms with Crippen LogP contribution in [0.25, 0.3) is 5.69 Å². The highest BCUT2D eigenvalue weighted by Gasteiger charge is 2.26. The van der Waals surface area contributed by atoms with Crippen LogP contribution in [0.2, 0.25) is 0 Å². The second kappa shape index (κ2) is 5.52. The smallest absolute Gasteiger partial charge is 0.378 e. The topological polar surface area (TPSA) is 64.1 Å². The molecule has 1 aromatic heterocycles. The van der Waals surface area contributed by atoms with E-state index in [1.807, 2.05) is 0 Å². The van der Waals surface area contributed by atoms with Crippen LogP contribution in [0.5, 0.6) is 0 Å². The van der Waals surface area contributed by atoms with Crippen molar-refractivity contribution in [2.24, 2.45) is 0 Å². The Kier molecular flexibility index (Phi) is 3.57. The largest absolute Gasteiger partial charge is 0.420 e. The maximum absolute atomic E-state index is 13.6. The van der Waals surface area contributed by atoms with Gasteiger partial charge in [0.25, 0.3) is 6.33 Å². The molecule has 0 atom stereocenters. The number of halogens is 2. The van der Waals surface area contributed by atoms with Crippen molar-refractivity contribution in [3.8, 4) is 5.69 Å². The van der Waals surface area contributed by atoms with Crippen molar-refractivity contribution in [1.29, 1.82) is 0 Å². The normalized spacial score (nSPS) is 15.2. The summed E-state index contributed by atoms with van der Waals surface area (Å²) in [6.45, 7) is 1.82. The first kappa shape index (κ1) is 13.6. The number of tetrazole rings is 1. The number of ether oxygens (including phenoxy) is 1. The SMILES string of the molecule is O=C(N1CCOCC1)n1c[n+](-c2cc(F)ccc2F)nn1. The number of benzene rings is 1. The van der Waals surface area contributed by atoms with Gasteiger partial charge in [0.1, 0.15) is 11.0 Å². The van der Waals surface area contributed by atoms with Crippen molar-refractivity contribution in [2.45, 2.75) is 0 Å². The molecule has 7 nitrogen and oxygen atoms in total. The van der Waals surface area contributed by atoms with Crippen LogP contribution >= 0.6 is 0 Å². The Morgan fingerprint density at radius 2 is 2.05 bits per heavy atom. The van der Waals surface area contributed by atoms with Crippen molar-refractivity contribution in [3.05, 3.63) is 36.2 Å². The van der Waals surface area contributed by atoms with E-state index in [0.29, 0.717) is 26.3 Å². The van der Waals surface area contributed by atoms with Gasteiger partial charge in [-0.1, -0.05) is 0 Å². The summed E-state index contributed by atoms with van der Waals surface area (Å²) >= 11 is 0. The fourth-order valence-corrected chi connectivity index (χ4v) is 1.99. The van der Waals surface area contributed by atoms with E-state index in [1.165, 1.54) is 6.33 Å². The fraction of sp³-hybridized carbons (Fsp3) is 0.333. The van der Waals surface area contributed by atoms with Crippen molar-refractivity contribution < 1.29 is 23.0 Å². The molecule has 1 aromatic carbocycles. The molecular formula is C12H12F2N5O2+. The van der Waals surface area contributed by atoms with E-state index >= 15 is 0 Å². The number of hydrogen-bond donors (Lipinski definition) is 0. The molecule has 1 fully saturated rings. The second-order valence-electron chi connectivity index (χ2n) is 4.46. The first-order valence-electron chi connectivity index (χ1n) is 6.32. The molecule has 110 valence electrons. The van der Waals surface area contributed by atoms with Gasteiger partial charge in [-0.25, -0.2) is 13.6 Å². The summed E-state index contributed by atoms with van der Waals surface area (Å²) in [6, 6.07) is 2.58. The van der Waals surface area contributed by atoms with E-state index in [-0.39, 0.29) is 11.7 Å². The van der Waals surface area contributed by atoms with Crippen molar-refractivity contribution in [3.63, 3.8) is 0 Å². The zero-order valence-electron chi connectivity index (χ0n) is 10.9. The standard InChI is InChI=1S/C12H12F2N5O2/c13-9-1-2-10(14)11(7-9)18-8-19(16-15-18)12(20)17-3-5-21-6-4-17/h1-2,7-8H,3-6H2/q+1. The third-order valence-electron chi connectivity index (χ3n) is 3.08. The van der Waals surface area contributed by atoms with Crippen LogP contribution in [0.1, 0.15) is 0 Å². The Morgan fingerprint density at radius 1 is 1.29 bits per heavy atom. The second-order valence-corrected chi connectivity index (χ2v) is 4.46. The van der Waals surface area contributed by atoms with Crippen LogP contribution in [0, 0.1) is 11.6 Å². The minimum Gasteiger partial charge on any atom is -0.378 e. The van der Waals surface area contributed by atoms with Crippen LogP contribution in [0.15, 0.2) is 24.5 Å². The number of hydrogen-bond acceptors (Lipinski definition) is 4. The summed E-state index contributed by atoms with van der Waals surface area (Å²) < 4.78 is 34.0. The summed E-state index contributed by atoms with van der Waals surface area (Å²) in [7, 11) is 0. The lowest BCUT2D eigenvalue weighted by Gasteiger charge is -2.23. The lowest BCUT2D eigenvalue weighted by Crippen LogP contribution is -2.43. The number of rotatable bonds is 1. The summed E-state index contributed by atoms with van der Waals surface area (Å²) in [6.07, 6.45) is 1.20. The van der Waals surface area contributed by atoms with Gasteiger partial charge in [-0.3, -0.25) is 0 Å². The molecule has 0 spiro atoms. The molecule has 0 N–H and O–H groups in total. The molecule has 1 aliphatic heterocycles. The predicted molar refractivity (Wildman–Crippen MR) is 64.7 cm³/mol. The highest BCUT2D eigenvalue weighted by Crippen LogP contribution is 2.08. The van der Waals surface area contributed by atoms with Crippen LogP contribution in [0.4, 0.5) is 13.6 Å². The van der Waals surface area contributed by atoms with Crippen molar-refractivity contribution >= 4 is 6.03 Å². The quantitative estimate of drug-likeness (QED) is 0.554. The van der Waals surface area contributed by atoms with Crippen molar-refractivity contribution in [2.75, 3.05) is 26.3 Å². The van der Waals surface area contributed by atoms with Gasteiger partial charge >= 0.3 is 6.03 Å². The zero-order valence-corrected chi connectivity index (χ0v) is 10.9. The Bertz CT molecular complexity index is 669. The Morgan fingerprint density at radius 3 is 2.81 bits per heavy atom. The van der Waals surface area contributed by atoms with Crippen LogP contribution < -0.4 is 4.68 Å². The molecule has 2 aromatic rings. The maximum atomic E-state index is 13.6. The Hall–Kier alpha value is -2.42. The molecule has 1 saturated heterocycles. The summed E-state index contributed by atoms with van der Waals surface area (Å²) in [5.74, 6) is -1.26.